The quantitative estimate of drug-likeness (QED) is 0.363. The van der Waals surface area contributed by atoms with Gasteiger partial charge in [-0.3, -0.25) is 13.7 Å². The first-order chi connectivity index (χ1) is 14.9. The van der Waals surface area contributed by atoms with Gasteiger partial charge >= 0.3 is 7.60 Å². The lowest BCUT2D eigenvalue weighted by molar-refractivity contribution is -0.104. The number of nitrogens with two attached hydrogens (primary N) is 1. The molecule has 0 aromatic carbocycles. The van der Waals surface area contributed by atoms with E-state index in [1.807, 2.05) is 0 Å². The van der Waals surface area contributed by atoms with Crippen LogP contribution in [0.15, 0.2) is 6.33 Å². The lowest BCUT2D eigenvalue weighted by Gasteiger charge is -2.43. The van der Waals surface area contributed by atoms with E-state index in [0.29, 0.717) is 17.9 Å². The number of aliphatic hydroxyl groups excluding tert-OH is 2. The number of nitrogen functional groups attached to an aromatic ring is 1. The minimum atomic E-state index is -4.57. The number of anilines is 1. The van der Waals surface area contributed by atoms with Crippen molar-refractivity contribution >= 4 is 24.6 Å². The molecule has 32 heavy (non-hydrogen) atoms. The number of hydrogen-bond donors (Lipinski definition) is 5. The molecule has 178 valence electrons. The van der Waals surface area contributed by atoms with Crippen LogP contribution in [0.4, 0.5) is 5.82 Å². The van der Waals surface area contributed by atoms with E-state index in [0.717, 1.165) is 0 Å². The Balaban J connectivity index is 1.84. The minimum Gasteiger partial charge on any atom is -0.387 e. The van der Waals surface area contributed by atoms with Crippen LogP contribution in [0, 0.1) is 0 Å². The molecule has 1 fully saturated rings. The predicted octanol–water partition coefficient (Wildman–Crippen LogP) is 1.00. The summed E-state index contributed by atoms with van der Waals surface area (Å²) >= 11 is 0. The molecule has 4 heterocycles. The zero-order chi connectivity index (χ0) is 23.6. The fourth-order valence-electron chi connectivity index (χ4n) is 4.82. The molecule has 7 atom stereocenters. The average molecular weight is 471 g/mol. The molecule has 6 N–H and O–H groups in total. The van der Waals surface area contributed by atoms with Gasteiger partial charge in [-0.2, -0.15) is 0 Å². The molecule has 4 rings (SSSR count). The number of ether oxygens (including phenoxy) is 1. The molecule has 7 unspecified atom stereocenters. The first-order valence-electron chi connectivity index (χ1n) is 10.6. The Kier molecular flexibility index (Phi) is 5.65. The average Bonchev–Trinajstić information content (AvgIpc) is 3.20. The summed E-state index contributed by atoms with van der Waals surface area (Å²) in [6.45, 7) is 6.52. The van der Waals surface area contributed by atoms with Gasteiger partial charge in [0.2, 0.25) is 0 Å². The number of aliphatic hydroxyl groups is 3. The molecule has 0 radical (unpaired) electrons. The molecule has 0 saturated carbocycles. The first-order valence-corrected chi connectivity index (χ1v) is 12.2. The Morgan fingerprint density at radius 2 is 1.97 bits per heavy atom. The van der Waals surface area contributed by atoms with Crippen molar-refractivity contribution in [1.82, 2.24) is 19.5 Å². The molecule has 2 aromatic rings. The maximum atomic E-state index is 13.3. The lowest BCUT2D eigenvalue weighted by atomic mass is 9.83. The van der Waals surface area contributed by atoms with Crippen LogP contribution in [0.5, 0.6) is 0 Å². The van der Waals surface area contributed by atoms with Crippen molar-refractivity contribution in [2.75, 3.05) is 5.73 Å². The third-order valence-corrected chi connectivity index (χ3v) is 8.83. The highest BCUT2D eigenvalue weighted by Gasteiger charge is 2.60. The lowest BCUT2D eigenvalue weighted by Crippen LogP contribution is -2.47. The summed E-state index contributed by atoms with van der Waals surface area (Å²) < 4.78 is 26.5. The molecule has 1 saturated heterocycles. The van der Waals surface area contributed by atoms with Gasteiger partial charge in [-0.25, -0.2) is 15.0 Å². The van der Waals surface area contributed by atoms with Crippen molar-refractivity contribution in [3.63, 3.8) is 0 Å². The molecule has 2 aromatic heterocycles. The molecular weight excluding hydrogens is 441 g/mol. The summed E-state index contributed by atoms with van der Waals surface area (Å²) in [5, 5.41) is 30.3. The van der Waals surface area contributed by atoms with E-state index < -0.39 is 49.0 Å². The molecule has 0 spiro atoms. The summed E-state index contributed by atoms with van der Waals surface area (Å²) in [6, 6.07) is 0. The third kappa shape index (κ3) is 3.28. The van der Waals surface area contributed by atoms with Crippen LogP contribution in [0.25, 0.3) is 11.2 Å². The monoisotopic (exact) mass is 471 g/mol. The maximum Gasteiger partial charge on any atom is 0.359 e. The number of rotatable bonds is 7. The van der Waals surface area contributed by atoms with Gasteiger partial charge in [0.1, 0.15) is 30.5 Å². The van der Waals surface area contributed by atoms with Gasteiger partial charge in [-0.05, 0) is 26.7 Å². The van der Waals surface area contributed by atoms with Crippen molar-refractivity contribution in [3.8, 4) is 0 Å². The smallest absolute Gasteiger partial charge is 0.359 e. The second-order valence-electron chi connectivity index (χ2n) is 9.02. The van der Waals surface area contributed by atoms with Gasteiger partial charge in [0.25, 0.3) is 0 Å². The fourth-order valence-corrected chi connectivity index (χ4v) is 6.65. The van der Waals surface area contributed by atoms with E-state index in [1.54, 1.807) is 27.7 Å². The van der Waals surface area contributed by atoms with Gasteiger partial charge in [0, 0.05) is 0 Å². The Hall–Kier alpha value is -1.66. The molecule has 2 aliphatic rings. The molecular formula is C19H30N5O7P. The standard InChI is InChI=1S/C19H30N5O7P/c1-5-7-19(27,6-2)32(28,29)31-18(3,4)9-13-11(25)12(26)17(30-13)24-15(9)23-10-14(20)21-8-22-16(10)24/h8-9,11-13,17,25-27H,5-7H2,1-4H3,(H,28,29)(H2,20,21,22). The number of aromatic nitrogens is 4. The highest BCUT2D eigenvalue weighted by molar-refractivity contribution is 7.54. The number of hydrogen-bond acceptors (Lipinski definition) is 10. The Morgan fingerprint density at radius 1 is 1.28 bits per heavy atom. The van der Waals surface area contributed by atoms with Crippen LogP contribution < -0.4 is 5.73 Å². The zero-order valence-corrected chi connectivity index (χ0v) is 19.3. The SMILES string of the molecule is CCCC(O)(CC)P(=O)(O)OC(C)(C)C1c2nc3c(N)ncnc3n2C2OC1C(O)C2O. The summed E-state index contributed by atoms with van der Waals surface area (Å²) in [5.74, 6) is -0.455. The molecule has 2 aliphatic heterocycles. The second-order valence-corrected chi connectivity index (χ2v) is 11.1. The molecule has 13 heteroatoms. The van der Waals surface area contributed by atoms with Crippen LogP contribution in [0.2, 0.25) is 0 Å². The zero-order valence-electron chi connectivity index (χ0n) is 18.4. The largest absolute Gasteiger partial charge is 0.387 e. The van der Waals surface area contributed by atoms with Gasteiger partial charge in [-0.1, -0.05) is 20.3 Å². The highest BCUT2D eigenvalue weighted by Crippen LogP contribution is 2.62. The second kappa shape index (κ2) is 7.69. The molecule has 12 nitrogen and oxygen atoms in total. The van der Waals surface area contributed by atoms with Crippen molar-refractivity contribution in [1.29, 1.82) is 0 Å². The topological polar surface area (TPSA) is 186 Å². The van der Waals surface area contributed by atoms with Crippen molar-refractivity contribution in [3.05, 3.63) is 12.2 Å². The first kappa shape index (κ1) is 23.5. The normalized spacial score (nSPS) is 31.3. The van der Waals surface area contributed by atoms with Crippen LogP contribution in [0.3, 0.4) is 0 Å². The summed E-state index contributed by atoms with van der Waals surface area (Å²) in [4.78, 5) is 23.5. The van der Waals surface area contributed by atoms with Crippen LogP contribution in [-0.2, 0) is 13.8 Å². The third-order valence-electron chi connectivity index (χ3n) is 6.52. The molecule has 2 bridgehead atoms. The maximum absolute atomic E-state index is 13.3. The van der Waals surface area contributed by atoms with Crippen LogP contribution in [0.1, 0.15) is 64.9 Å². The summed E-state index contributed by atoms with van der Waals surface area (Å²) in [7, 11) is -4.57. The minimum absolute atomic E-state index is 0.0172. The Labute approximate surface area is 184 Å². The number of imidazole rings is 1. The van der Waals surface area contributed by atoms with Gasteiger partial charge < -0.3 is 30.7 Å². The predicted molar refractivity (Wildman–Crippen MR) is 114 cm³/mol. The molecule has 0 amide bonds. The number of nitrogens with zero attached hydrogens (tertiary/aromatic N) is 4. The van der Waals surface area contributed by atoms with E-state index in [4.69, 9.17) is 15.0 Å². The molecule has 0 aliphatic carbocycles. The van der Waals surface area contributed by atoms with Gasteiger partial charge in [-0.15, -0.1) is 0 Å². The van der Waals surface area contributed by atoms with E-state index in [9.17, 15) is 24.8 Å². The van der Waals surface area contributed by atoms with Crippen molar-refractivity contribution < 1.29 is 34.0 Å². The van der Waals surface area contributed by atoms with Gasteiger partial charge in [0.05, 0.1) is 11.5 Å². The summed E-state index contributed by atoms with van der Waals surface area (Å²) in [5.41, 5.74) is 5.09. The van der Waals surface area contributed by atoms with E-state index in [-0.39, 0.29) is 24.2 Å². The van der Waals surface area contributed by atoms with E-state index >= 15 is 0 Å². The van der Waals surface area contributed by atoms with Crippen LogP contribution in [-0.4, -0.2) is 69.0 Å². The van der Waals surface area contributed by atoms with Gasteiger partial charge in [0.15, 0.2) is 28.6 Å². The highest BCUT2D eigenvalue weighted by atomic mass is 31.2. The van der Waals surface area contributed by atoms with Crippen molar-refractivity contribution in [2.45, 2.75) is 88.4 Å². The van der Waals surface area contributed by atoms with Crippen molar-refractivity contribution in [2.24, 2.45) is 0 Å². The van der Waals surface area contributed by atoms with E-state index in [1.165, 1.54) is 10.9 Å². The Bertz CT molecular complexity index is 1080. The fraction of sp³-hybridized carbons (Fsp3) is 0.737. The number of fused-ring (bicyclic) bond motifs is 6. The van der Waals surface area contributed by atoms with Crippen LogP contribution >= 0.6 is 7.60 Å². The van der Waals surface area contributed by atoms with E-state index in [2.05, 4.69) is 15.0 Å². The summed E-state index contributed by atoms with van der Waals surface area (Å²) in [6.07, 6.45) is -2.72. The Morgan fingerprint density at radius 3 is 2.59 bits per heavy atom.